The molecule has 2 heterocycles. The summed E-state index contributed by atoms with van der Waals surface area (Å²) >= 11 is 5.18. The average Bonchev–Trinajstić information content (AvgIpc) is 2.68. The third-order valence-electron chi connectivity index (χ3n) is 5.12. The van der Waals surface area contributed by atoms with E-state index >= 15 is 0 Å². The molecule has 0 saturated carbocycles. The van der Waals surface area contributed by atoms with Crippen LogP contribution in [0.5, 0.6) is 0 Å². The topological polar surface area (TPSA) is 96.4 Å². The zero-order valence-electron chi connectivity index (χ0n) is 17.8. The number of carbonyl (C=O) groups excluding carboxylic acids is 2. The van der Waals surface area contributed by atoms with Gasteiger partial charge in [0.25, 0.3) is 11.5 Å². The quantitative estimate of drug-likeness (QED) is 0.727. The van der Waals surface area contributed by atoms with Crippen LogP contribution >= 0.6 is 12.2 Å². The summed E-state index contributed by atoms with van der Waals surface area (Å²) < 4.78 is 6.95. The average molecular weight is 433 g/mol. The van der Waals surface area contributed by atoms with Crippen LogP contribution in [0.2, 0.25) is 0 Å². The number of fused-ring (bicyclic) bond motifs is 1. The molecule has 8 nitrogen and oxygen atoms in total. The van der Waals surface area contributed by atoms with Crippen molar-refractivity contribution < 1.29 is 14.3 Å². The number of amides is 2. The summed E-state index contributed by atoms with van der Waals surface area (Å²) in [5.41, 5.74) is 0.235. The lowest BCUT2D eigenvalue weighted by Crippen LogP contribution is -2.50. The molecule has 2 amide bonds. The number of alkyl carbamates (subject to hydrolysis) is 1. The van der Waals surface area contributed by atoms with Gasteiger partial charge in [0.2, 0.25) is 0 Å². The number of aromatic nitrogens is 2. The molecule has 1 aromatic carbocycles. The van der Waals surface area contributed by atoms with Gasteiger partial charge in [0, 0.05) is 31.7 Å². The predicted octanol–water partition coefficient (Wildman–Crippen LogP) is 3.12. The van der Waals surface area contributed by atoms with Gasteiger partial charge in [-0.1, -0.05) is 0 Å². The Morgan fingerprint density at radius 3 is 2.73 bits per heavy atom. The van der Waals surface area contributed by atoms with Crippen molar-refractivity contribution in [3.05, 3.63) is 38.9 Å². The molecule has 1 aromatic heterocycles. The monoisotopic (exact) mass is 432 g/mol. The van der Waals surface area contributed by atoms with E-state index in [4.69, 9.17) is 17.0 Å². The zero-order chi connectivity index (χ0) is 22.1. The van der Waals surface area contributed by atoms with Gasteiger partial charge in [-0.3, -0.25) is 14.2 Å². The number of benzene rings is 1. The summed E-state index contributed by atoms with van der Waals surface area (Å²) in [6.07, 6.45) is 2.21. The Kier molecular flexibility index (Phi) is 6.30. The highest BCUT2D eigenvalue weighted by molar-refractivity contribution is 7.71. The highest BCUT2D eigenvalue weighted by Crippen LogP contribution is 2.21. The normalized spacial score (nSPS) is 17.1. The summed E-state index contributed by atoms with van der Waals surface area (Å²) in [5, 5.41) is 3.25. The number of ether oxygens (including phenoxy) is 1. The molecule has 2 N–H and O–H groups in total. The number of aromatic amines is 1. The van der Waals surface area contributed by atoms with Gasteiger partial charge in [-0.25, -0.2) is 4.79 Å². The van der Waals surface area contributed by atoms with E-state index in [2.05, 4.69) is 10.3 Å². The Balaban J connectivity index is 1.80. The van der Waals surface area contributed by atoms with E-state index in [9.17, 15) is 14.4 Å². The minimum atomic E-state index is -0.575. The molecule has 1 saturated heterocycles. The fourth-order valence-electron chi connectivity index (χ4n) is 3.60. The smallest absolute Gasteiger partial charge is 0.407 e. The van der Waals surface area contributed by atoms with Crippen molar-refractivity contribution in [1.82, 2.24) is 19.8 Å². The highest BCUT2D eigenvalue weighted by Gasteiger charge is 2.28. The number of likely N-dealkylation sites (tertiary alicyclic amines) is 1. The fraction of sp³-hybridized carbons (Fsp3) is 0.524. The summed E-state index contributed by atoms with van der Waals surface area (Å²) in [5.74, 6) is -0.132. The summed E-state index contributed by atoms with van der Waals surface area (Å²) in [4.78, 5) is 42.4. The van der Waals surface area contributed by atoms with Crippen molar-refractivity contribution in [2.75, 3.05) is 13.1 Å². The molecule has 1 atom stereocenters. The van der Waals surface area contributed by atoms with Crippen molar-refractivity contribution in [3.63, 3.8) is 0 Å². The molecule has 2 aromatic rings. The van der Waals surface area contributed by atoms with E-state index in [1.165, 1.54) is 4.57 Å². The molecule has 3 rings (SSSR count). The first kappa shape index (κ1) is 22.0. The first-order valence-corrected chi connectivity index (χ1v) is 10.5. The predicted molar refractivity (Wildman–Crippen MR) is 117 cm³/mol. The molecule has 0 radical (unpaired) electrons. The van der Waals surface area contributed by atoms with Gasteiger partial charge in [0.05, 0.1) is 10.9 Å². The van der Waals surface area contributed by atoms with Crippen LogP contribution < -0.4 is 10.9 Å². The minimum absolute atomic E-state index is 0.114. The zero-order valence-corrected chi connectivity index (χ0v) is 18.6. The fourth-order valence-corrected chi connectivity index (χ4v) is 3.79. The molecule has 0 aliphatic carbocycles. The Morgan fingerprint density at radius 2 is 2.03 bits per heavy atom. The van der Waals surface area contributed by atoms with Gasteiger partial charge in [-0.15, -0.1) is 0 Å². The van der Waals surface area contributed by atoms with Gasteiger partial charge in [0.1, 0.15) is 5.60 Å². The van der Waals surface area contributed by atoms with Crippen LogP contribution in [0.25, 0.3) is 10.9 Å². The van der Waals surface area contributed by atoms with Gasteiger partial charge in [0.15, 0.2) is 4.77 Å². The van der Waals surface area contributed by atoms with E-state index in [0.29, 0.717) is 34.3 Å². The summed E-state index contributed by atoms with van der Waals surface area (Å²) in [6, 6.07) is 4.86. The summed E-state index contributed by atoms with van der Waals surface area (Å²) in [6.45, 7) is 6.37. The number of rotatable bonds is 3. The van der Waals surface area contributed by atoms with E-state index in [1.54, 1.807) is 50.9 Å². The second-order valence-corrected chi connectivity index (χ2v) is 8.97. The molecule has 1 aliphatic rings. The number of hydrogen-bond acceptors (Lipinski definition) is 5. The Labute approximate surface area is 180 Å². The molecule has 162 valence electrons. The maximum atomic E-state index is 13.2. The lowest BCUT2D eigenvalue weighted by atomic mass is 10.0. The van der Waals surface area contributed by atoms with Gasteiger partial charge in [-0.05, 0) is 70.5 Å². The van der Waals surface area contributed by atoms with E-state index in [1.807, 2.05) is 0 Å². The Bertz CT molecular complexity index is 1080. The molecule has 0 spiro atoms. The van der Waals surface area contributed by atoms with Crippen molar-refractivity contribution >= 4 is 35.1 Å². The van der Waals surface area contributed by atoms with Crippen LogP contribution in [-0.4, -0.2) is 51.2 Å². The maximum Gasteiger partial charge on any atom is 0.407 e. The van der Waals surface area contributed by atoms with Crippen molar-refractivity contribution in [2.45, 2.75) is 51.7 Å². The van der Waals surface area contributed by atoms with Crippen molar-refractivity contribution in [3.8, 4) is 0 Å². The number of nitrogens with one attached hydrogen (secondary N) is 2. The van der Waals surface area contributed by atoms with Crippen LogP contribution in [-0.2, 0) is 11.8 Å². The third kappa shape index (κ3) is 4.89. The van der Waals surface area contributed by atoms with Gasteiger partial charge >= 0.3 is 6.09 Å². The first-order chi connectivity index (χ1) is 14.1. The molecule has 1 fully saturated rings. The summed E-state index contributed by atoms with van der Waals surface area (Å²) in [7, 11) is 1.61. The molecular weight excluding hydrogens is 404 g/mol. The number of carbonyl (C=O) groups is 2. The Morgan fingerprint density at radius 1 is 1.30 bits per heavy atom. The van der Waals surface area contributed by atoms with Crippen LogP contribution in [0.3, 0.4) is 0 Å². The van der Waals surface area contributed by atoms with Crippen LogP contribution in [0, 0.1) is 4.77 Å². The third-order valence-corrected chi connectivity index (χ3v) is 5.49. The lowest BCUT2D eigenvalue weighted by Gasteiger charge is -2.36. The van der Waals surface area contributed by atoms with Crippen molar-refractivity contribution in [1.29, 1.82) is 0 Å². The molecule has 1 unspecified atom stereocenters. The number of piperidine rings is 1. The molecule has 0 bridgehead atoms. The van der Waals surface area contributed by atoms with Crippen LogP contribution in [0.4, 0.5) is 4.79 Å². The second kappa shape index (κ2) is 8.59. The van der Waals surface area contributed by atoms with Crippen molar-refractivity contribution in [2.24, 2.45) is 7.05 Å². The van der Waals surface area contributed by atoms with Crippen LogP contribution in [0.15, 0.2) is 23.0 Å². The molecule has 9 heteroatoms. The Hall–Kier alpha value is -2.68. The van der Waals surface area contributed by atoms with Gasteiger partial charge < -0.3 is 19.9 Å². The molecular formula is C21H28N4O4S. The van der Waals surface area contributed by atoms with E-state index < -0.39 is 11.7 Å². The largest absolute Gasteiger partial charge is 0.444 e. The SMILES string of the molecule is Cn1c(=S)[nH]c2cc(C(=O)N3CCCCC3CNC(=O)OC(C)(C)C)ccc2c1=O. The number of nitrogens with zero attached hydrogens (tertiary/aromatic N) is 2. The van der Waals surface area contributed by atoms with E-state index in [0.717, 1.165) is 19.3 Å². The highest BCUT2D eigenvalue weighted by atomic mass is 32.1. The standard InChI is InChI=1S/C21H28N4O4S/c1-21(2,3)29-20(28)22-12-14-7-5-6-10-25(14)17(26)13-8-9-15-16(11-13)23-19(30)24(4)18(15)27/h8-9,11,14H,5-7,10,12H2,1-4H3,(H,22,28)(H,23,30). The lowest BCUT2D eigenvalue weighted by molar-refractivity contribution is 0.0462. The second-order valence-electron chi connectivity index (χ2n) is 8.59. The number of hydrogen-bond donors (Lipinski definition) is 2. The van der Waals surface area contributed by atoms with E-state index in [-0.39, 0.29) is 17.5 Å². The van der Waals surface area contributed by atoms with Crippen LogP contribution in [0.1, 0.15) is 50.4 Å². The first-order valence-electron chi connectivity index (χ1n) is 10.1. The number of H-pyrrole nitrogens is 1. The van der Waals surface area contributed by atoms with Gasteiger partial charge in [-0.2, -0.15) is 0 Å². The molecule has 1 aliphatic heterocycles. The maximum absolute atomic E-state index is 13.2. The minimum Gasteiger partial charge on any atom is -0.444 e. The molecule has 30 heavy (non-hydrogen) atoms.